The smallest absolute Gasteiger partial charge is 0.255 e. The number of imide groups is 1. The third kappa shape index (κ3) is 9.01. The number of fused-ring (bicyclic) bond motifs is 1. The van der Waals surface area contributed by atoms with Crippen LogP contribution in [0.3, 0.4) is 0 Å². The lowest BCUT2D eigenvalue weighted by Gasteiger charge is -2.29. The molecular weight excluding hydrogens is 524 g/mol. The molecule has 4 N–H and O–H groups in total. The van der Waals surface area contributed by atoms with Gasteiger partial charge in [-0.1, -0.05) is 18.6 Å². The van der Waals surface area contributed by atoms with Crippen LogP contribution < -0.4 is 21.1 Å². The Kier molecular flexibility index (Phi) is 11.5. The predicted octanol–water partition coefficient (Wildman–Crippen LogP) is 3.55. The molecule has 2 aromatic carbocycles. The van der Waals surface area contributed by atoms with Gasteiger partial charge in [-0.25, -0.2) is 0 Å². The molecule has 2 aliphatic heterocycles. The third-order valence-corrected chi connectivity index (χ3v) is 7.31. The fourth-order valence-electron chi connectivity index (χ4n) is 5.01. The summed E-state index contributed by atoms with van der Waals surface area (Å²) in [5.41, 5.74) is 9.37. The molecule has 2 aliphatic rings. The van der Waals surface area contributed by atoms with E-state index < -0.39 is 11.9 Å². The number of carbonyl (C=O) groups excluding carboxylic acids is 3. The molecule has 10 nitrogen and oxygen atoms in total. The van der Waals surface area contributed by atoms with Crippen LogP contribution in [0, 0.1) is 0 Å². The highest BCUT2D eigenvalue weighted by Crippen LogP contribution is 2.29. The lowest BCUT2D eigenvalue weighted by molar-refractivity contribution is -0.136. The first-order valence-corrected chi connectivity index (χ1v) is 14.6. The molecule has 4 rings (SSSR count). The Hall–Kier alpha value is -3.47. The highest BCUT2D eigenvalue weighted by atomic mass is 16.5. The lowest BCUT2D eigenvalue weighted by Crippen LogP contribution is -2.52. The minimum absolute atomic E-state index is 0.00748. The number of nitrogens with two attached hydrogens (primary N) is 1. The molecule has 2 heterocycles. The molecule has 0 bridgehead atoms. The zero-order chi connectivity index (χ0) is 29.0. The van der Waals surface area contributed by atoms with E-state index in [1.807, 2.05) is 43.3 Å². The first-order valence-electron chi connectivity index (χ1n) is 14.6. The normalized spacial score (nSPS) is 17.4. The van der Waals surface area contributed by atoms with E-state index in [-0.39, 0.29) is 24.3 Å². The van der Waals surface area contributed by atoms with Gasteiger partial charge in [-0.15, -0.1) is 0 Å². The number of piperidine rings is 1. The van der Waals surface area contributed by atoms with E-state index in [1.54, 1.807) is 11.0 Å². The second-order valence-corrected chi connectivity index (χ2v) is 10.5. The van der Waals surface area contributed by atoms with Crippen LogP contribution in [0.25, 0.3) is 0 Å². The zero-order valence-electron chi connectivity index (χ0n) is 23.9. The second-order valence-electron chi connectivity index (χ2n) is 10.5. The Morgan fingerprint density at radius 2 is 1.76 bits per heavy atom. The number of anilines is 1. The summed E-state index contributed by atoms with van der Waals surface area (Å²) in [6.07, 6.45) is 4.84. The first kappa shape index (κ1) is 30.5. The van der Waals surface area contributed by atoms with E-state index in [0.717, 1.165) is 54.9 Å². The standard InChI is InChI=1S/C31H42N4O6/c1-22(32)23-7-6-8-26(20-23)41-15-5-3-2-4-14-39-17-18-40-16-13-33-25-9-10-27-24(19-25)21-35(31(27)38)28-11-12-29(36)34-30(28)37/h6-10,19-20,22,28,33H,2-5,11-18,21,32H2,1H3,(H,34,36,37)/t22-,28?/m1/s1. The molecule has 1 fully saturated rings. The summed E-state index contributed by atoms with van der Waals surface area (Å²) in [7, 11) is 0. The molecule has 41 heavy (non-hydrogen) atoms. The number of nitrogens with one attached hydrogen (secondary N) is 2. The van der Waals surface area contributed by atoms with Crippen LogP contribution in [0.4, 0.5) is 5.69 Å². The maximum Gasteiger partial charge on any atom is 0.255 e. The summed E-state index contributed by atoms with van der Waals surface area (Å²) in [6, 6.07) is 13.0. The molecule has 222 valence electrons. The summed E-state index contributed by atoms with van der Waals surface area (Å²) in [6.45, 7) is 6.02. The number of amides is 3. The average Bonchev–Trinajstić information content (AvgIpc) is 3.28. The van der Waals surface area contributed by atoms with Gasteiger partial charge in [0.15, 0.2) is 0 Å². The molecule has 0 radical (unpaired) electrons. The molecular formula is C31H42N4O6. The van der Waals surface area contributed by atoms with Crippen molar-refractivity contribution in [3.63, 3.8) is 0 Å². The van der Waals surface area contributed by atoms with Crippen molar-refractivity contribution >= 4 is 23.4 Å². The fourth-order valence-corrected chi connectivity index (χ4v) is 5.01. The van der Waals surface area contributed by atoms with Crippen LogP contribution in [0.2, 0.25) is 0 Å². The van der Waals surface area contributed by atoms with Gasteiger partial charge < -0.3 is 30.2 Å². The van der Waals surface area contributed by atoms with Crippen molar-refractivity contribution in [2.75, 3.05) is 44.9 Å². The van der Waals surface area contributed by atoms with E-state index in [2.05, 4.69) is 10.6 Å². The topological polar surface area (TPSA) is 132 Å². The number of nitrogens with zero attached hydrogens (tertiary/aromatic N) is 1. The van der Waals surface area contributed by atoms with Gasteiger partial charge in [-0.3, -0.25) is 19.7 Å². The monoisotopic (exact) mass is 566 g/mol. The summed E-state index contributed by atoms with van der Waals surface area (Å²) >= 11 is 0. The maximum atomic E-state index is 12.8. The van der Waals surface area contributed by atoms with E-state index in [0.29, 0.717) is 51.5 Å². The van der Waals surface area contributed by atoms with Crippen molar-refractivity contribution in [1.82, 2.24) is 10.2 Å². The molecule has 0 aliphatic carbocycles. The van der Waals surface area contributed by atoms with Crippen molar-refractivity contribution in [3.8, 4) is 5.75 Å². The van der Waals surface area contributed by atoms with Crippen LogP contribution in [0.15, 0.2) is 42.5 Å². The molecule has 0 aromatic heterocycles. The molecule has 1 unspecified atom stereocenters. The molecule has 1 saturated heterocycles. The van der Waals surface area contributed by atoms with Gasteiger partial charge >= 0.3 is 0 Å². The molecule has 3 amide bonds. The van der Waals surface area contributed by atoms with Crippen molar-refractivity contribution in [3.05, 3.63) is 59.2 Å². The van der Waals surface area contributed by atoms with Crippen LogP contribution in [0.1, 0.15) is 73.0 Å². The van der Waals surface area contributed by atoms with Crippen molar-refractivity contribution in [2.24, 2.45) is 5.73 Å². The van der Waals surface area contributed by atoms with Crippen molar-refractivity contribution in [1.29, 1.82) is 0 Å². The van der Waals surface area contributed by atoms with Gasteiger partial charge in [0.25, 0.3) is 5.91 Å². The van der Waals surface area contributed by atoms with Gasteiger partial charge in [-0.05, 0) is 74.1 Å². The number of ether oxygens (including phenoxy) is 3. The van der Waals surface area contributed by atoms with Gasteiger partial charge in [0.2, 0.25) is 11.8 Å². The first-order chi connectivity index (χ1) is 19.9. The number of hydrogen-bond acceptors (Lipinski definition) is 8. The Morgan fingerprint density at radius 3 is 2.54 bits per heavy atom. The summed E-state index contributed by atoms with van der Waals surface area (Å²) < 4.78 is 17.2. The van der Waals surface area contributed by atoms with Gasteiger partial charge in [0.05, 0.1) is 26.4 Å². The number of unbranched alkanes of at least 4 members (excludes halogenated alkanes) is 3. The van der Waals surface area contributed by atoms with E-state index in [1.165, 1.54) is 0 Å². The Bertz CT molecular complexity index is 1190. The number of carbonyl (C=O) groups is 3. The Balaban J connectivity index is 0.995. The van der Waals surface area contributed by atoms with Gasteiger partial charge in [0.1, 0.15) is 11.8 Å². The Morgan fingerprint density at radius 1 is 0.976 bits per heavy atom. The maximum absolute atomic E-state index is 12.8. The van der Waals surface area contributed by atoms with Gasteiger partial charge in [0, 0.05) is 43.4 Å². The van der Waals surface area contributed by atoms with Crippen LogP contribution in [0.5, 0.6) is 5.75 Å². The third-order valence-electron chi connectivity index (χ3n) is 7.31. The summed E-state index contributed by atoms with van der Waals surface area (Å²) in [5, 5.41) is 5.64. The minimum atomic E-state index is -0.603. The predicted molar refractivity (Wildman–Crippen MR) is 156 cm³/mol. The Labute approximate surface area is 241 Å². The average molecular weight is 567 g/mol. The quantitative estimate of drug-likeness (QED) is 0.196. The second kappa shape index (κ2) is 15.5. The van der Waals surface area contributed by atoms with Gasteiger partial charge in [-0.2, -0.15) is 0 Å². The number of benzene rings is 2. The van der Waals surface area contributed by atoms with Crippen molar-refractivity contribution < 1.29 is 28.6 Å². The highest BCUT2D eigenvalue weighted by molar-refractivity contribution is 6.05. The fraction of sp³-hybridized carbons (Fsp3) is 0.516. The molecule has 0 saturated carbocycles. The summed E-state index contributed by atoms with van der Waals surface area (Å²) in [4.78, 5) is 38.0. The summed E-state index contributed by atoms with van der Waals surface area (Å²) in [5.74, 6) is 0.0199. The van der Waals surface area contributed by atoms with Crippen LogP contribution in [-0.4, -0.2) is 68.2 Å². The molecule has 2 aromatic rings. The SMILES string of the molecule is C[C@@H](N)c1cccc(OCCCCCCOCCOCCNc2ccc3c(c2)CN(C2CCC(=O)NC2=O)C3=O)c1. The number of rotatable bonds is 17. The highest BCUT2D eigenvalue weighted by Gasteiger charge is 2.39. The van der Waals surface area contributed by atoms with Crippen LogP contribution in [-0.2, 0) is 25.6 Å². The minimum Gasteiger partial charge on any atom is -0.494 e. The molecule has 2 atom stereocenters. The van der Waals surface area contributed by atoms with E-state index in [9.17, 15) is 14.4 Å². The van der Waals surface area contributed by atoms with E-state index >= 15 is 0 Å². The number of hydrogen-bond donors (Lipinski definition) is 3. The molecule has 0 spiro atoms. The zero-order valence-corrected chi connectivity index (χ0v) is 23.9. The largest absolute Gasteiger partial charge is 0.494 e. The van der Waals surface area contributed by atoms with Crippen molar-refractivity contribution in [2.45, 2.75) is 64.1 Å². The van der Waals surface area contributed by atoms with Crippen LogP contribution >= 0.6 is 0 Å². The lowest BCUT2D eigenvalue weighted by atomic mass is 10.0. The molecule has 10 heteroatoms. The van der Waals surface area contributed by atoms with E-state index in [4.69, 9.17) is 19.9 Å².